The van der Waals surface area contributed by atoms with Gasteiger partial charge < -0.3 is 14.6 Å². The number of thioether (sulfide) groups is 1. The molecule has 0 radical (unpaired) electrons. The maximum absolute atomic E-state index is 12.9. The number of amides is 1. The van der Waals surface area contributed by atoms with Crippen molar-refractivity contribution < 1.29 is 17.6 Å². The van der Waals surface area contributed by atoms with Crippen molar-refractivity contribution in [1.82, 2.24) is 29.6 Å². The van der Waals surface area contributed by atoms with Crippen LogP contribution in [-0.4, -0.2) is 57.0 Å². The number of nitrogens with zero attached hydrogens (tertiary/aromatic N) is 7. The number of benzene rings is 1. The Balaban J connectivity index is 1.10. The maximum Gasteiger partial charge on any atom is 0.300 e. The lowest BCUT2D eigenvalue weighted by Crippen LogP contribution is -2.38. The molecule has 1 saturated heterocycles. The molecule has 4 heterocycles. The van der Waals surface area contributed by atoms with Crippen LogP contribution < -0.4 is 10.2 Å². The maximum atomic E-state index is 12.9. The summed E-state index contributed by atoms with van der Waals surface area (Å²) in [7, 11) is -3.87. The summed E-state index contributed by atoms with van der Waals surface area (Å²) in [5, 5.41) is 14.1. The quantitative estimate of drug-likeness (QED) is 0.300. The highest BCUT2D eigenvalue weighted by Crippen LogP contribution is 2.33. The van der Waals surface area contributed by atoms with Gasteiger partial charge in [0.15, 0.2) is 11.5 Å². The van der Waals surface area contributed by atoms with Gasteiger partial charge in [-0.25, -0.2) is 9.97 Å². The zero-order chi connectivity index (χ0) is 27.6. The Hall–Kier alpha value is -3.30. The number of rotatable bonds is 8. The second kappa shape index (κ2) is 11.1. The van der Waals surface area contributed by atoms with E-state index in [1.807, 2.05) is 0 Å². The number of aromatic nitrogens is 6. The van der Waals surface area contributed by atoms with Gasteiger partial charge >= 0.3 is 10.0 Å². The Kier molecular flexibility index (Phi) is 7.73. The van der Waals surface area contributed by atoms with Gasteiger partial charge in [-0.2, -0.15) is 8.42 Å². The van der Waals surface area contributed by atoms with Gasteiger partial charge in [0.25, 0.3) is 0 Å². The lowest BCUT2D eigenvalue weighted by molar-refractivity contribution is -0.120. The molecule has 206 valence electrons. The van der Waals surface area contributed by atoms with E-state index in [4.69, 9.17) is 4.42 Å². The van der Waals surface area contributed by atoms with E-state index in [9.17, 15) is 13.2 Å². The van der Waals surface area contributed by atoms with Gasteiger partial charge in [-0.15, -0.1) is 22.0 Å². The predicted molar refractivity (Wildman–Crippen MR) is 147 cm³/mol. The smallest absolute Gasteiger partial charge is 0.300 e. The molecule has 1 amide bonds. The highest BCUT2D eigenvalue weighted by Gasteiger charge is 2.27. The lowest BCUT2D eigenvalue weighted by atomic mass is 9.94. The number of oxazole rings is 1. The summed E-state index contributed by atoms with van der Waals surface area (Å²) in [6.07, 6.45) is 5.96. The molecule has 1 fully saturated rings. The first-order chi connectivity index (χ1) is 18.6. The summed E-state index contributed by atoms with van der Waals surface area (Å²) >= 11 is 3.01. The van der Waals surface area contributed by atoms with Crippen LogP contribution in [0.3, 0.4) is 0 Å². The highest BCUT2D eigenvalue weighted by atomic mass is 32.2. The monoisotopic (exact) mass is 588 g/mol. The van der Waals surface area contributed by atoms with Crippen LogP contribution in [0.5, 0.6) is 0 Å². The standard InChI is InChI=1S/C24H28N8O4S3/c1-24(2,3)19-12-25-20(36-19)14-37-21-13-26-23(38-21)29-22(33)16-8-10-31(11-9-16)17-4-6-18(7-5-17)39(34,35)32-28-15-27-30-32/h4-7,12-13,15-16H,8-11,14H2,1-3H3,(H,26,29,33). The first kappa shape index (κ1) is 27.3. The van der Waals surface area contributed by atoms with Crippen molar-refractivity contribution in [2.45, 2.75) is 53.9 Å². The molecule has 1 aliphatic rings. The average molecular weight is 589 g/mol. The van der Waals surface area contributed by atoms with E-state index in [-0.39, 0.29) is 22.1 Å². The highest BCUT2D eigenvalue weighted by molar-refractivity contribution is 8.00. The summed E-state index contributed by atoms with van der Waals surface area (Å²) in [6, 6.07) is 6.55. The summed E-state index contributed by atoms with van der Waals surface area (Å²) in [5.74, 6) is 1.95. The van der Waals surface area contributed by atoms with E-state index in [0.29, 0.717) is 46.9 Å². The molecule has 0 atom stereocenters. The number of anilines is 2. The third kappa shape index (κ3) is 6.31. The SMILES string of the molecule is CC(C)(C)c1cnc(CSc2cnc(NC(=O)C3CCN(c4ccc(S(=O)(=O)n5ncnn5)cc4)CC3)s2)o1. The third-order valence-electron chi connectivity index (χ3n) is 6.26. The third-order valence-corrected chi connectivity index (χ3v) is 9.81. The summed E-state index contributed by atoms with van der Waals surface area (Å²) < 4.78 is 32.4. The van der Waals surface area contributed by atoms with E-state index >= 15 is 0 Å². The number of thiazole rings is 1. The number of hydrogen-bond donors (Lipinski definition) is 1. The van der Waals surface area contributed by atoms with Crippen LogP contribution in [0.4, 0.5) is 10.8 Å². The fourth-order valence-electron chi connectivity index (χ4n) is 4.04. The Morgan fingerprint density at radius 3 is 2.54 bits per heavy atom. The van der Waals surface area contributed by atoms with Crippen molar-refractivity contribution in [3.05, 3.63) is 54.6 Å². The summed E-state index contributed by atoms with van der Waals surface area (Å²) in [6.45, 7) is 7.61. The largest absolute Gasteiger partial charge is 0.444 e. The fraction of sp³-hybridized carbons (Fsp3) is 0.417. The second-order valence-corrected chi connectivity index (χ2v) is 14.1. The molecular weight excluding hydrogens is 561 g/mol. The van der Waals surface area contributed by atoms with E-state index in [2.05, 4.69) is 56.4 Å². The zero-order valence-electron chi connectivity index (χ0n) is 21.6. The second-order valence-electron chi connectivity index (χ2n) is 10.0. The molecule has 0 unspecified atom stereocenters. The van der Waals surface area contributed by atoms with Crippen molar-refractivity contribution in [3.8, 4) is 0 Å². The number of carbonyl (C=O) groups is 1. The molecular formula is C24H28N8O4S3. The minimum Gasteiger partial charge on any atom is -0.444 e. The molecule has 0 spiro atoms. The molecule has 1 aromatic carbocycles. The number of hydrogen-bond acceptors (Lipinski definition) is 12. The van der Waals surface area contributed by atoms with Crippen molar-refractivity contribution in [3.63, 3.8) is 0 Å². The first-order valence-corrected chi connectivity index (χ1v) is 15.5. The van der Waals surface area contributed by atoms with Crippen LogP contribution in [0.25, 0.3) is 0 Å². The van der Waals surface area contributed by atoms with Crippen LogP contribution in [0, 0.1) is 5.92 Å². The topological polar surface area (TPSA) is 149 Å². The van der Waals surface area contributed by atoms with Crippen LogP contribution in [0.15, 0.2) is 56.5 Å². The van der Waals surface area contributed by atoms with Crippen LogP contribution in [-0.2, 0) is 26.0 Å². The molecule has 5 rings (SSSR count). The molecule has 12 nitrogen and oxygen atoms in total. The molecule has 1 N–H and O–H groups in total. The minimum absolute atomic E-state index is 0.0372. The van der Waals surface area contributed by atoms with Crippen molar-refractivity contribution in [2.24, 2.45) is 5.92 Å². The van der Waals surface area contributed by atoms with E-state index in [1.54, 1.807) is 36.3 Å². The van der Waals surface area contributed by atoms with Gasteiger partial charge in [-0.05, 0) is 46.5 Å². The van der Waals surface area contributed by atoms with E-state index in [1.165, 1.54) is 23.5 Å². The van der Waals surface area contributed by atoms with Crippen molar-refractivity contribution in [2.75, 3.05) is 23.3 Å². The molecule has 1 aliphatic heterocycles. The van der Waals surface area contributed by atoms with Gasteiger partial charge in [0.2, 0.25) is 11.8 Å². The van der Waals surface area contributed by atoms with Gasteiger partial charge in [0.1, 0.15) is 5.76 Å². The molecule has 15 heteroatoms. The normalized spacial score (nSPS) is 15.0. The number of tetrazole rings is 1. The van der Waals surface area contributed by atoms with E-state index < -0.39 is 10.0 Å². The van der Waals surface area contributed by atoms with Crippen molar-refractivity contribution in [1.29, 1.82) is 0 Å². The number of carbonyl (C=O) groups excluding carboxylic acids is 1. The average Bonchev–Trinajstić information content (AvgIpc) is 3.70. The molecule has 39 heavy (non-hydrogen) atoms. The Morgan fingerprint density at radius 1 is 1.15 bits per heavy atom. The molecule has 4 aromatic rings. The van der Waals surface area contributed by atoms with Crippen LogP contribution >= 0.6 is 23.1 Å². The molecule has 3 aromatic heterocycles. The first-order valence-electron chi connectivity index (χ1n) is 12.3. The molecule has 0 bridgehead atoms. The summed E-state index contributed by atoms with van der Waals surface area (Å²) in [4.78, 5) is 23.8. The van der Waals surface area contributed by atoms with Gasteiger partial charge in [0.05, 0.1) is 27.3 Å². The van der Waals surface area contributed by atoms with Gasteiger partial charge in [0, 0.05) is 30.1 Å². The predicted octanol–water partition coefficient (Wildman–Crippen LogP) is 3.80. The molecule has 0 aliphatic carbocycles. The van der Waals surface area contributed by atoms with Crippen LogP contribution in [0.2, 0.25) is 0 Å². The number of piperidine rings is 1. The number of nitrogens with one attached hydrogen (secondary N) is 1. The van der Waals surface area contributed by atoms with Crippen molar-refractivity contribution >= 4 is 49.8 Å². The zero-order valence-corrected chi connectivity index (χ0v) is 24.1. The molecule has 0 saturated carbocycles. The van der Waals surface area contributed by atoms with Gasteiger partial charge in [-0.3, -0.25) is 4.79 Å². The Morgan fingerprint density at radius 2 is 1.90 bits per heavy atom. The summed E-state index contributed by atoms with van der Waals surface area (Å²) in [5.41, 5.74) is 0.806. The Labute approximate surface area is 234 Å². The lowest BCUT2D eigenvalue weighted by Gasteiger charge is -2.32. The van der Waals surface area contributed by atoms with Crippen LogP contribution in [0.1, 0.15) is 45.3 Å². The Bertz CT molecular complexity index is 1520. The minimum atomic E-state index is -3.87. The van der Waals surface area contributed by atoms with Gasteiger partial charge in [-0.1, -0.05) is 32.1 Å². The fourth-order valence-corrected chi connectivity index (χ4v) is 6.74. The van der Waals surface area contributed by atoms with E-state index in [0.717, 1.165) is 22.0 Å².